The summed E-state index contributed by atoms with van der Waals surface area (Å²) in [5.41, 5.74) is 8.30. The van der Waals surface area contributed by atoms with Crippen molar-refractivity contribution in [2.45, 2.75) is 26.2 Å². The summed E-state index contributed by atoms with van der Waals surface area (Å²) < 4.78 is 11.2. The number of fused-ring (bicyclic) bond motifs is 10. The zero-order valence-corrected chi connectivity index (χ0v) is 34.3. The van der Waals surface area contributed by atoms with Crippen LogP contribution in [-0.4, -0.2) is 110 Å². The second-order valence-corrected chi connectivity index (χ2v) is 15.6. The Morgan fingerprint density at radius 1 is 0.807 bits per heavy atom. The monoisotopic (exact) mass is 806 g/mol. The van der Waals surface area contributed by atoms with Gasteiger partial charge in [0.1, 0.15) is 33.5 Å². The fourth-order valence-corrected chi connectivity index (χ4v) is 9.11. The lowest BCUT2D eigenvalue weighted by Crippen LogP contribution is -2.36. The van der Waals surface area contributed by atoms with Gasteiger partial charge in [-0.15, -0.1) is 0 Å². The third kappa shape index (κ3) is 6.68. The number of anilines is 2. The number of carbonyl (C=O) groups is 2. The zero-order valence-electron chi connectivity index (χ0n) is 32.8. The van der Waals surface area contributed by atoms with Crippen LogP contribution in [0.15, 0.2) is 53.8 Å². The highest BCUT2D eigenvalue weighted by Crippen LogP contribution is 2.52. The first-order valence-corrected chi connectivity index (χ1v) is 19.8. The normalized spacial score (nSPS) is 17.1. The highest BCUT2D eigenvalue weighted by atomic mass is 35.5. The largest absolute Gasteiger partial charge is 0.496 e. The van der Waals surface area contributed by atoms with E-state index >= 15 is 0 Å². The number of hydrogen-bond acceptors (Lipinski definition) is 11. The molecule has 2 aromatic carbocycles. The van der Waals surface area contributed by atoms with Crippen LogP contribution in [0.3, 0.4) is 0 Å². The number of nitrogens with one attached hydrogen (secondary N) is 2. The van der Waals surface area contributed by atoms with Gasteiger partial charge in [0, 0.05) is 88.0 Å². The summed E-state index contributed by atoms with van der Waals surface area (Å²) in [4.78, 5) is 50.6. The van der Waals surface area contributed by atoms with Crippen LogP contribution in [0.4, 0.5) is 11.5 Å². The maximum absolute atomic E-state index is 13.8. The van der Waals surface area contributed by atoms with E-state index in [0.29, 0.717) is 57.3 Å². The molecule has 2 aliphatic carbocycles. The van der Waals surface area contributed by atoms with Crippen molar-refractivity contribution in [2.24, 2.45) is 10.9 Å². The van der Waals surface area contributed by atoms with E-state index < -0.39 is 5.92 Å². The third-order valence-electron chi connectivity index (χ3n) is 11.5. The molecule has 0 spiro atoms. The number of aliphatic imine (C=N–C) groups is 1. The molecule has 8 rings (SSSR count). The fourth-order valence-electron chi connectivity index (χ4n) is 8.58. The van der Waals surface area contributed by atoms with Crippen molar-refractivity contribution in [3.63, 3.8) is 0 Å². The number of carbonyl (C=O) groups excluding carboxylic acids is 2. The minimum Gasteiger partial charge on any atom is -0.496 e. The number of Topliss-reactive ketones (excluding diaryl/α,β-unsaturated/α-hetero) is 1. The fraction of sp³-hybridized carbons (Fsp3) is 0.349. The molecule has 0 saturated carbocycles. The number of aromatic nitrogens is 3. The van der Waals surface area contributed by atoms with Crippen molar-refractivity contribution >= 4 is 63.0 Å². The van der Waals surface area contributed by atoms with E-state index in [2.05, 4.69) is 44.5 Å². The van der Waals surface area contributed by atoms with Crippen LogP contribution in [0.5, 0.6) is 11.5 Å². The standard InChI is InChI=1S/C43H44Cl2N8O4/c1-22-28(56-5)10-8-24-30-32-26(12-14-46-40(32)44)38(54)34(30)42(50-36(22)24)48-16-20-52(3)18-7-19-53(4)21-17-49-43-35-31(33-27(39(35)55)13-15-47-41(33)45)25-9-11-29(57-6)23(2)37(25)51-43/h8-15,30,34H,7,16-21H2,1-6H3,(H,48,50)(H,49,51). The maximum atomic E-state index is 13.8. The summed E-state index contributed by atoms with van der Waals surface area (Å²) >= 11 is 13.2. The molecular weight excluding hydrogens is 763 g/mol. The number of ether oxygens (including phenoxy) is 2. The third-order valence-corrected chi connectivity index (χ3v) is 12.1. The zero-order chi connectivity index (χ0) is 40.1. The lowest BCUT2D eigenvalue weighted by atomic mass is 9.80. The van der Waals surface area contributed by atoms with E-state index in [-0.39, 0.29) is 17.5 Å². The van der Waals surface area contributed by atoms with Crippen molar-refractivity contribution in [3.8, 4) is 22.6 Å². The molecule has 4 heterocycles. The first-order valence-electron chi connectivity index (χ1n) is 19.0. The van der Waals surface area contributed by atoms with E-state index in [1.165, 1.54) is 0 Å². The Morgan fingerprint density at radius 3 is 2.25 bits per heavy atom. The molecule has 5 aromatic rings. The smallest absolute Gasteiger partial charge is 0.198 e. The minimum absolute atomic E-state index is 0.00470. The number of rotatable bonds is 13. The second kappa shape index (κ2) is 15.7. The van der Waals surface area contributed by atoms with Crippen LogP contribution in [0.25, 0.3) is 22.0 Å². The topological polar surface area (TPSA) is 134 Å². The first-order chi connectivity index (χ1) is 27.5. The number of amidine groups is 1. The van der Waals surface area contributed by atoms with Gasteiger partial charge in [-0.3, -0.25) is 14.6 Å². The molecule has 12 nitrogen and oxygen atoms in total. The number of benzene rings is 2. The molecule has 0 radical (unpaired) electrons. The molecule has 14 heteroatoms. The average molecular weight is 808 g/mol. The van der Waals surface area contributed by atoms with Crippen molar-refractivity contribution in [1.82, 2.24) is 24.8 Å². The van der Waals surface area contributed by atoms with Gasteiger partial charge in [-0.2, -0.15) is 0 Å². The SMILES string of the molecule is COc1ccc2c(c1C)NC(=NCCN(C)CCCN(C)CCNc1nc3c(C)c(OC)ccc3c3c1C(=O)c1ccnc(Cl)c1-3)C1C(=O)c3ccnc(Cl)c3C21. The highest BCUT2D eigenvalue weighted by Gasteiger charge is 2.49. The Bertz CT molecular complexity index is 2490. The van der Waals surface area contributed by atoms with E-state index in [1.54, 1.807) is 38.7 Å². The first kappa shape index (κ1) is 38.7. The molecule has 2 N–H and O–H groups in total. The number of ketones is 2. The van der Waals surface area contributed by atoms with E-state index in [4.69, 9.17) is 42.7 Å². The second-order valence-electron chi connectivity index (χ2n) is 14.9. The quantitative estimate of drug-likeness (QED) is 0.114. The molecular formula is C43H44Cl2N8O4. The molecule has 1 aliphatic heterocycles. The number of pyridine rings is 3. The predicted octanol–water partition coefficient (Wildman–Crippen LogP) is 7.31. The lowest BCUT2D eigenvalue weighted by Gasteiger charge is -2.32. The number of hydrogen-bond donors (Lipinski definition) is 2. The van der Waals surface area contributed by atoms with Gasteiger partial charge in [-0.1, -0.05) is 29.3 Å². The summed E-state index contributed by atoms with van der Waals surface area (Å²) in [6.07, 6.45) is 4.10. The lowest BCUT2D eigenvalue weighted by molar-refractivity contribution is 0.0961. The predicted molar refractivity (Wildman–Crippen MR) is 225 cm³/mol. The summed E-state index contributed by atoms with van der Waals surface area (Å²) in [6.45, 7) is 8.28. The number of aryl methyl sites for hydroxylation is 1. The number of nitrogens with zero attached hydrogens (tertiary/aromatic N) is 6. The van der Waals surface area contributed by atoms with Crippen molar-refractivity contribution in [3.05, 3.63) is 98.0 Å². The van der Waals surface area contributed by atoms with Gasteiger partial charge in [0.15, 0.2) is 11.6 Å². The Balaban J connectivity index is 0.893. The van der Waals surface area contributed by atoms with Crippen molar-refractivity contribution < 1.29 is 19.1 Å². The van der Waals surface area contributed by atoms with Crippen LogP contribution >= 0.6 is 23.2 Å². The summed E-state index contributed by atoms with van der Waals surface area (Å²) in [6, 6.07) is 11.3. The van der Waals surface area contributed by atoms with E-state index in [9.17, 15) is 9.59 Å². The van der Waals surface area contributed by atoms with Gasteiger partial charge >= 0.3 is 0 Å². The number of likely N-dealkylation sites (N-methyl/N-ethyl adjacent to an activating group) is 2. The molecule has 294 valence electrons. The molecule has 3 aliphatic rings. The van der Waals surface area contributed by atoms with Crippen LogP contribution in [-0.2, 0) is 0 Å². The molecule has 0 fully saturated rings. The van der Waals surface area contributed by atoms with Gasteiger partial charge in [0.05, 0.1) is 37.8 Å². The Hall–Kier alpha value is -5.14. The minimum atomic E-state index is -0.490. The molecule has 2 atom stereocenters. The Labute approximate surface area is 341 Å². The van der Waals surface area contributed by atoms with E-state index in [0.717, 1.165) is 88.5 Å². The van der Waals surface area contributed by atoms with Gasteiger partial charge in [-0.05, 0) is 83.3 Å². The van der Waals surface area contributed by atoms with Crippen LogP contribution in [0, 0.1) is 19.8 Å². The summed E-state index contributed by atoms with van der Waals surface area (Å²) in [5, 5.41) is 8.47. The molecule has 3 aromatic heterocycles. The molecule has 0 saturated heterocycles. The van der Waals surface area contributed by atoms with Gasteiger partial charge < -0.3 is 29.9 Å². The van der Waals surface area contributed by atoms with Gasteiger partial charge in [0.25, 0.3) is 0 Å². The van der Waals surface area contributed by atoms with Gasteiger partial charge in [-0.25, -0.2) is 15.0 Å². The molecule has 2 unspecified atom stereocenters. The highest BCUT2D eigenvalue weighted by molar-refractivity contribution is 6.38. The van der Waals surface area contributed by atoms with Crippen molar-refractivity contribution in [2.75, 3.05) is 78.2 Å². The molecule has 57 heavy (non-hydrogen) atoms. The van der Waals surface area contributed by atoms with E-state index in [1.807, 2.05) is 38.1 Å². The van der Waals surface area contributed by atoms with Crippen LogP contribution < -0.4 is 20.1 Å². The summed E-state index contributed by atoms with van der Waals surface area (Å²) in [7, 11) is 7.47. The Morgan fingerprint density at radius 2 is 1.49 bits per heavy atom. The molecule has 0 amide bonds. The average Bonchev–Trinajstić information content (AvgIpc) is 3.68. The van der Waals surface area contributed by atoms with Crippen molar-refractivity contribution in [1.29, 1.82) is 0 Å². The maximum Gasteiger partial charge on any atom is 0.198 e. The van der Waals surface area contributed by atoms with Crippen LogP contribution in [0.2, 0.25) is 10.3 Å². The molecule has 0 bridgehead atoms. The number of methoxy groups -OCH3 is 2. The summed E-state index contributed by atoms with van der Waals surface area (Å²) in [5.74, 6) is 1.79. The number of halogens is 2. The van der Waals surface area contributed by atoms with Gasteiger partial charge in [0.2, 0.25) is 0 Å². The Kier molecular flexibility index (Phi) is 10.6. The van der Waals surface area contributed by atoms with Crippen LogP contribution in [0.1, 0.15) is 60.9 Å².